The van der Waals surface area contributed by atoms with E-state index in [1.54, 1.807) is 6.92 Å². The summed E-state index contributed by atoms with van der Waals surface area (Å²) in [5, 5.41) is 0. The second-order valence-corrected chi connectivity index (χ2v) is 4.17. The summed E-state index contributed by atoms with van der Waals surface area (Å²) in [6, 6.07) is 3.54. The number of hydroxylamine groups is 1. The molecule has 2 aromatic rings. The fourth-order valence-corrected chi connectivity index (χ4v) is 1.70. The van der Waals surface area contributed by atoms with Gasteiger partial charge in [-0.15, -0.1) is 0 Å². The molecule has 0 aliphatic heterocycles. The molecule has 7 heteroatoms. The zero-order valence-corrected chi connectivity index (χ0v) is 11.4. The van der Waals surface area contributed by atoms with Crippen LogP contribution in [-0.4, -0.2) is 17.5 Å². The Morgan fingerprint density at radius 1 is 1.38 bits per heavy atom. The van der Waals surface area contributed by atoms with E-state index in [9.17, 15) is 13.6 Å². The van der Waals surface area contributed by atoms with Gasteiger partial charge in [-0.2, -0.15) is 0 Å². The minimum absolute atomic E-state index is 0.00850. The van der Waals surface area contributed by atoms with Crippen LogP contribution in [0.4, 0.5) is 8.78 Å². The number of hydrogen-bond acceptors (Lipinski definition) is 4. The third-order valence-electron chi connectivity index (χ3n) is 2.66. The molecule has 1 amide bonds. The number of nitrogens with one attached hydrogen (secondary N) is 1. The Morgan fingerprint density at radius 3 is 2.76 bits per heavy atom. The van der Waals surface area contributed by atoms with Crippen molar-refractivity contribution in [2.45, 2.75) is 19.8 Å². The first-order chi connectivity index (χ1) is 10.1. The molecule has 0 spiro atoms. The van der Waals surface area contributed by atoms with E-state index in [1.807, 2.05) is 0 Å². The number of oxazole rings is 1. The summed E-state index contributed by atoms with van der Waals surface area (Å²) >= 11 is 0. The van der Waals surface area contributed by atoms with Crippen LogP contribution in [0.15, 0.2) is 28.8 Å². The molecule has 0 atom stereocenters. The molecule has 0 aliphatic carbocycles. The van der Waals surface area contributed by atoms with Crippen LogP contribution < -0.4 is 5.48 Å². The lowest BCUT2D eigenvalue weighted by Gasteiger charge is -2.02. The molecule has 1 heterocycles. The largest absolute Gasteiger partial charge is 0.441 e. The molecule has 0 saturated carbocycles. The normalized spacial score (nSPS) is 10.6. The topological polar surface area (TPSA) is 64.4 Å². The van der Waals surface area contributed by atoms with Crippen LogP contribution in [0.2, 0.25) is 0 Å². The number of rotatable bonds is 6. The molecule has 1 aromatic heterocycles. The standard InChI is InChI=1S/C14H14F2N2O3/c1-2-20-18-12(19)6-7-13-17-8-11(21-13)14-9(15)4-3-5-10(14)16/h3-5,8H,2,6-7H2,1H3,(H,18,19). The number of halogens is 2. The van der Waals surface area contributed by atoms with Gasteiger partial charge in [0.1, 0.15) is 11.6 Å². The van der Waals surface area contributed by atoms with E-state index in [-0.39, 0.29) is 36.0 Å². The summed E-state index contributed by atoms with van der Waals surface area (Å²) in [6.07, 6.45) is 1.53. The van der Waals surface area contributed by atoms with Crippen molar-refractivity contribution in [1.29, 1.82) is 0 Å². The summed E-state index contributed by atoms with van der Waals surface area (Å²) < 4.78 is 32.5. The van der Waals surface area contributed by atoms with E-state index >= 15 is 0 Å². The molecule has 1 N–H and O–H groups in total. The number of hydrogen-bond donors (Lipinski definition) is 1. The lowest BCUT2D eigenvalue weighted by Crippen LogP contribution is -2.23. The maximum Gasteiger partial charge on any atom is 0.244 e. The third-order valence-corrected chi connectivity index (χ3v) is 2.66. The molecule has 0 aliphatic rings. The van der Waals surface area contributed by atoms with E-state index in [0.29, 0.717) is 6.61 Å². The maximum absolute atomic E-state index is 13.6. The highest BCUT2D eigenvalue weighted by Crippen LogP contribution is 2.26. The van der Waals surface area contributed by atoms with E-state index in [1.165, 1.54) is 12.3 Å². The SMILES string of the molecule is CCONC(=O)CCc1ncc(-c2c(F)cccc2F)o1. The third kappa shape index (κ3) is 3.85. The van der Waals surface area contributed by atoms with Crippen molar-refractivity contribution in [1.82, 2.24) is 10.5 Å². The molecular formula is C14H14F2N2O3. The van der Waals surface area contributed by atoms with Crippen molar-refractivity contribution in [2.24, 2.45) is 0 Å². The molecule has 1 aromatic carbocycles. The highest BCUT2D eigenvalue weighted by Gasteiger charge is 2.16. The van der Waals surface area contributed by atoms with Crippen molar-refractivity contribution in [3.63, 3.8) is 0 Å². The highest BCUT2D eigenvalue weighted by atomic mass is 19.1. The average Bonchev–Trinajstić information content (AvgIpc) is 2.91. The van der Waals surface area contributed by atoms with Gasteiger partial charge < -0.3 is 4.42 Å². The minimum Gasteiger partial charge on any atom is -0.441 e. The Morgan fingerprint density at radius 2 is 2.10 bits per heavy atom. The van der Waals surface area contributed by atoms with Crippen molar-refractivity contribution in [3.8, 4) is 11.3 Å². The Labute approximate surface area is 119 Å². The average molecular weight is 296 g/mol. The van der Waals surface area contributed by atoms with E-state index in [0.717, 1.165) is 12.1 Å². The van der Waals surface area contributed by atoms with E-state index < -0.39 is 11.6 Å². The first-order valence-corrected chi connectivity index (χ1v) is 6.41. The first kappa shape index (κ1) is 15.1. The Balaban J connectivity index is 2.03. The van der Waals surface area contributed by atoms with Crippen LogP contribution in [0.5, 0.6) is 0 Å². The fraction of sp³-hybridized carbons (Fsp3) is 0.286. The molecule has 21 heavy (non-hydrogen) atoms. The van der Waals surface area contributed by atoms with Crippen LogP contribution in [0.1, 0.15) is 19.2 Å². The zero-order valence-electron chi connectivity index (χ0n) is 11.4. The predicted molar refractivity (Wildman–Crippen MR) is 69.9 cm³/mol. The number of carbonyl (C=O) groups excluding carboxylic acids is 1. The molecule has 0 radical (unpaired) electrons. The summed E-state index contributed by atoms with van der Waals surface area (Å²) in [6.45, 7) is 2.10. The first-order valence-electron chi connectivity index (χ1n) is 6.41. The van der Waals surface area contributed by atoms with Gasteiger partial charge in [0.2, 0.25) is 5.91 Å². The zero-order chi connectivity index (χ0) is 15.2. The molecule has 112 valence electrons. The molecule has 0 bridgehead atoms. The molecular weight excluding hydrogens is 282 g/mol. The van der Waals surface area contributed by atoms with Gasteiger partial charge in [0.25, 0.3) is 0 Å². The number of benzene rings is 1. The summed E-state index contributed by atoms with van der Waals surface area (Å²) in [5.41, 5.74) is 1.96. The van der Waals surface area contributed by atoms with E-state index in [2.05, 4.69) is 10.5 Å². The number of amides is 1. The Bertz CT molecular complexity index is 608. The van der Waals surface area contributed by atoms with Crippen molar-refractivity contribution in [2.75, 3.05) is 6.61 Å². The van der Waals surface area contributed by atoms with Crippen LogP contribution in [0.3, 0.4) is 0 Å². The Hall–Kier alpha value is -2.28. The smallest absolute Gasteiger partial charge is 0.244 e. The van der Waals surface area contributed by atoms with Gasteiger partial charge in [0.05, 0.1) is 18.4 Å². The lowest BCUT2D eigenvalue weighted by atomic mass is 10.1. The van der Waals surface area contributed by atoms with Gasteiger partial charge >= 0.3 is 0 Å². The van der Waals surface area contributed by atoms with Crippen molar-refractivity contribution >= 4 is 5.91 Å². The molecule has 0 unspecified atom stereocenters. The molecule has 5 nitrogen and oxygen atoms in total. The van der Waals surface area contributed by atoms with Crippen molar-refractivity contribution in [3.05, 3.63) is 41.9 Å². The van der Waals surface area contributed by atoms with Crippen molar-refractivity contribution < 1.29 is 22.8 Å². The quantitative estimate of drug-likeness (QED) is 0.832. The summed E-state index contributed by atoms with van der Waals surface area (Å²) in [5.74, 6) is -1.57. The van der Waals surface area contributed by atoms with Crippen LogP contribution in [0.25, 0.3) is 11.3 Å². The highest BCUT2D eigenvalue weighted by molar-refractivity contribution is 5.74. The molecule has 0 fully saturated rings. The fourth-order valence-electron chi connectivity index (χ4n) is 1.70. The predicted octanol–water partition coefficient (Wildman–Crippen LogP) is 2.62. The van der Waals surface area contributed by atoms with Gasteiger partial charge in [-0.1, -0.05) is 6.07 Å². The van der Waals surface area contributed by atoms with Gasteiger partial charge in [-0.25, -0.2) is 19.2 Å². The second kappa shape index (κ2) is 6.94. The molecule has 2 rings (SSSR count). The maximum atomic E-state index is 13.6. The summed E-state index contributed by atoms with van der Waals surface area (Å²) in [4.78, 5) is 20.0. The Kier molecular flexibility index (Phi) is 4.99. The minimum atomic E-state index is -0.730. The number of aromatic nitrogens is 1. The number of aryl methyl sites for hydroxylation is 1. The van der Waals surface area contributed by atoms with Crippen LogP contribution in [0, 0.1) is 11.6 Å². The van der Waals surface area contributed by atoms with Gasteiger partial charge in [0.15, 0.2) is 11.7 Å². The van der Waals surface area contributed by atoms with Crippen LogP contribution >= 0.6 is 0 Å². The monoisotopic (exact) mass is 296 g/mol. The lowest BCUT2D eigenvalue weighted by molar-refractivity contribution is -0.133. The molecule has 0 saturated heterocycles. The van der Waals surface area contributed by atoms with Gasteiger partial charge in [0, 0.05) is 12.8 Å². The van der Waals surface area contributed by atoms with E-state index in [4.69, 9.17) is 9.25 Å². The van der Waals surface area contributed by atoms with Gasteiger partial charge in [-0.05, 0) is 19.1 Å². The summed E-state index contributed by atoms with van der Waals surface area (Å²) in [7, 11) is 0. The second-order valence-electron chi connectivity index (χ2n) is 4.17. The van der Waals surface area contributed by atoms with Crippen LogP contribution in [-0.2, 0) is 16.1 Å². The number of carbonyl (C=O) groups is 1. The van der Waals surface area contributed by atoms with Gasteiger partial charge in [-0.3, -0.25) is 9.63 Å². The number of nitrogens with zero attached hydrogens (tertiary/aromatic N) is 1.